The number of nitrogens with one attached hydrogen (secondary N) is 2. The van der Waals surface area contributed by atoms with Crippen LogP contribution in [0, 0.1) is 0 Å². The standard InChI is InChI=1S/C17H18N4OS/c22-16(9-12-10-19-15-4-2-1-3-14(12)15)20-13-5-7-21(11-13)17-18-6-8-23-17/h1-4,6,8,10,13,19H,5,7,9,11H2,(H,20,22). The summed E-state index contributed by atoms with van der Waals surface area (Å²) < 4.78 is 0. The SMILES string of the molecule is O=C(Cc1c[nH]c2ccccc12)NC1CCN(c2nccs2)C1. The number of H-pyrrole nitrogens is 1. The highest BCUT2D eigenvalue weighted by atomic mass is 32.1. The van der Waals surface area contributed by atoms with Gasteiger partial charge in [-0.15, -0.1) is 11.3 Å². The summed E-state index contributed by atoms with van der Waals surface area (Å²) in [5.41, 5.74) is 2.12. The van der Waals surface area contributed by atoms with Crippen LogP contribution >= 0.6 is 11.3 Å². The second-order valence-electron chi connectivity index (χ2n) is 5.85. The lowest BCUT2D eigenvalue weighted by Crippen LogP contribution is -2.37. The minimum atomic E-state index is 0.0840. The number of aromatic nitrogens is 2. The number of carbonyl (C=O) groups is 1. The van der Waals surface area contributed by atoms with Crippen molar-refractivity contribution in [1.29, 1.82) is 0 Å². The Morgan fingerprint density at radius 3 is 3.22 bits per heavy atom. The molecular formula is C17H18N4OS. The molecule has 118 valence electrons. The third kappa shape index (κ3) is 2.94. The van der Waals surface area contributed by atoms with Crippen molar-refractivity contribution in [3.05, 3.63) is 47.6 Å². The van der Waals surface area contributed by atoms with Gasteiger partial charge >= 0.3 is 0 Å². The number of fused-ring (bicyclic) bond motifs is 1. The summed E-state index contributed by atoms with van der Waals surface area (Å²) in [4.78, 5) is 22.1. The van der Waals surface area contributed by atoms with E-state index in [0.29, 0.717) is 6.42 Å². The Labute approximate surface area is 138 Å². The van der Waals surface area contributed by atoms with Gasteiger partial charge in [0.1, 0.15) is 0 Å². The molecule has 1 fully saturated rings. The van der Waals surface area contributed by atoms with Gasteiger partial charge < -0.3 is 15.2 Å². The summed E-state index contributed by atoms with van der Waals surface area (Å²) in [5, 5.41) is 7.30. The summed E-state index contributed by atoms with van der Waals surface area (Å²) in [7, 11) is 0. The average molecular weight is 326 g/mol. The van der Waals surface area contributed by atoms with Crippen molar-refractivity contribution in [3.63, 3.8) is 0 Å². The topological polar surface area (TPSA) is 61.0 Å². The molecule has 0 radical (unpaired) electrons. The number of thiazole rings is 1. The molecule has 3 aromatic rings. The highest BCUT2D eigenvalue weighted by molar-refractivity contribution is 7.13. The predicted molar refractivity (Wildman–Crippen MR) is 92.9 cm³/mol. The molecule has 1 aliphatic rings. The quantitative estimate of drug-likeness (QED) is 0.774. The Kier molecular flexibility index (Phi) is 3.75. The Hall–Kier alpha value is -2.34. The number of anilines is 1. The molecule has 0 bridgehead atoms. The first kappa shape index (κ1) is 14.3. The van der Waals surface area contributed by atoms with E-state index in [1.807, 2.05) is 42.0 Å². The molecule has 1 atom stereocenters. The molecule has 4 rings (SSSR count). The predicted octanol–water partition coefficient (Wildman–Crippen LogP) is 2.56. The van der Waals surface area contributed by atoms with E-state index < -0.39 is 0 Å². The fraction of sp³-hybridized carbons (Fsp3) is 0.294. The number of hydrogen-bond donors (Lipinski definition) is 2. The van der Waals surface area contributed by atoms with Crippen molar-refractivity contribution in [1.82, 2.24) is 15.3 Å². The summed E-state index contributed by atoms with van der Waals surface area (Å²) in [6.45, 7) is 1.79. The first-order chi connectivity index (χ1) is 11.3. The van der Waals surface area contributed by atoms with Crippen LogP contribution in [0.15, 0.2) is 42.0 Å². The lowest BCUT2D eigenvalue weighted by atomic mass is 10.1. The van der Waals surface area contributed by atoms with Crippen LogP contribution in [-0.4, -0.2) is 35.0 Å². The molecule has 0 saturated carbocycles. The highest BCUT2D eigenvalue weighted by Gasteiger charge is 2.25. The number of para-hydroxylation sites is 1. The van der Waals surface area contributed by atoms with Crippen LogP contribution in [0.1, 0.15) is 12.0 Å². The van der Waals surface area contributed by atoms with Gasteiger partial charge in [0.15, 0.2) is 5.13 Å². The fourth-order valence-electron chi connectivity index (χ4n) is 3.15. The van der Waals surface area contributed by atoms with Crippen molar-refractivity contribution in [2.24, 2.45) is 0 Å². The summed E-state index contributed by atoms with van der Waals surface area (Å²) in [6.07, 6.45) is 5.14. The van der Waals surface area contributed by atoms with Crippen molar-refractivity contribution < 1.29 is 4.79 Å². The minimum Gasteiger partial charge on any atom is -0.361 e. The van der Waals surface area contributed by atoms with E-state index in [1.165, 1.54) is 0 Å². The second kappa shape index (κ2) is 6.04. The van der Waals surface area contributed by atoms with Crippen LogP contribution in [0.25, 0.3) is 10.9 Å². The van der Waals surface area contributed by atoms with Crippen LogP contribution in [-0.2, 0) is 11.2 Å². The van der Waals surface area contributed by atoms with Crippen LogP contribution in [0.3, 0.4) is 0 Å². The summed E-state index contributed by atoms with van der Waals surface area (Å²) in [6, 6.07) is 8.28. The monoisotopic (exact) mass is 326 g/mol. The van der Waals surface area contributed by atoms with Gasteiger partial charge in [0.25, 0.3) is 0 Å². The highest BCUT2D eigenvalue weighted by Crippen LogP contribution is 2.22. The summed E-state index contributed by atoms with van der Waals surface area (Å²) in [5.74, 6) is 0.0840. The normalized spacial score (nSPS) is 17.7. The third-order valence-electron chi connectivity index (χ3n) is 4.27. The first-order valence-corrected chi connectivity index (χ1v) is 8.66. The van der Waals surface area contributed by atoms with Gasteiger partial charge in [0.2, 0.25) is 5.91 Å². The maximum absolute atomic E-state index is 12.3. The molecule has 1 aromatic carbocycles. The van der Waals surface area contributed by atoms with Crippen molar-refractivity contribution in [3.8, 4) is 0 Å². The molecule has 23 heavy (non-hydrogen) atoms. The Morgan fingerprint density at radius 1 is 1.43 bits per heavy atom. The number of carbonyl (C=O) groups excluding carboxylic acids is 1. The zero-order chi connectivity index (χ0) is 15.6. The number of aromatic amines is 1. The third-order valence-corrected chi connectivity index (χ3v) is 5.10. The van der Waals surface area contributed by atoms with Gasteiger partial charge in [0.05, 0.1) is 6.42 Å². The van der Waals surface area contributed by atoms with Gasteiger partial charge in [0, 0.05) is 47.8 Å². The molecule has 1 unspecified atom stereocenters. The molecule has 2 aromatic heterocycles. The maximum atomic E-state index is 12.3. The molecular weight excluding hydrogens is 308 g/mol. The Morgan fingerprint density at radius 2 is 2.35 bits per heavy atom. The number of rotatable bonds is 4. The molecule has 5 nitrogen and oxygen atoms in total. The van der Waals surface area contributed by atoms with E-state index in [-0.39, 0.29) is 11.9 Å². The molecule has 1 saturated heterocycles. The second-order valence-corrected chi connectivity index (χ2v) is 6.72. The number of nitrogens with zero attached hydrogens (tertiary/aromatic N) is 2. The maximum Gasteiger partial charge on any atom is 0.224 e. The zero-order valence-corrected chi connectivity index (χ0v) is 13.5. The summed E-state index contributed by atoms with van der Waals surface area (Å²) >= 11 is 1.64. The molecule has 0 spiro atoms. The van der Waals surface area contributed by atoms with Crippen LogP contribution in [0.2, 0.25) is 0 Å². The van der Waals surface area contributed by atoms with Crippen LogP contribution in [0.5, 0.6) is 0 Å². The van der Waals surface area contributed by atoms with Crippen LogP contribution in [0.4, 0.5) is 5.13 Å². The van der Waals surface area contributed by atoms with Gasteiger partial charge in [-0.25, -0.2) is 4.98 Å². The molecule has 2 N–H and O–H groups in total. The fourth-order valence-corrected chi connectivity index (χ4v) is 3.83. The number of benzene rings is 1. The number of hydrogen-bond acceptors (Lipinski definition) is 4. The molecule has 3 heterocycles. The number of amides is 1. The van der Waals surface area contributed by atoms with Gasteiger partial charge in [-0.2, -0.15) is 0 Å². The van der Waals surface area contributed by atoms with E-state index in [1.54, 1.807) is 11.3 Å². The van der Waals surface area contributed by atoms with Crippen LogP contribution < -0.4 is 10.2 Å². The minimum absolute atomic E-state index is 0.0840. The van der Waals surface area contributed by atoms with E-state index in [0.717, 1.165) is 41.1 Å². The van der Waals surface area contributed by atoms with E-state index in [2.05, 4.69) is 20.2 Å². The Bertz CT molecular complexity index is 811. The van der Waals surface area contributed by atoms with Gasteiger partial charge in [-0.1, -0.05) is 18.2 Å². The lowest BCUT2D eigenvalue weighted by molar-refractivity contribution is -0.121. The lowest BCUT2D eigenvalue weighted by Gasteiger charge is -2.15. The molecule has 1 aliphatic heterocycles. The smallest absolute Gasteiger partial charge is 0.224 e. The van der Waals surface area contributed by atoms with E-state index in [9.17, 15) is 4.79 Å². The first-order valence-electron chi connectivity index (χ1n) is 7.78. The Balaban J connectivity index is 1.37. The van der Waals surface area contributed by atoms with E-state index in [4.69, 9.17) is 0 Å². The van der Waals surface area contributed by atoms with Crippen molar-refractivity contribution in [2.45, 2.75) is 18.9 Å². The van der Waals surface area contributed by atoms with E-state index >= 15 is 0 Å². The molecule has 0 aliphatic carbocycles. The largest absolute Gasteiger partial charge is 0.361 e. The molecule has 6 heteroatoms. The van der Waals surface area contributed by atoms with Gasteiger partial charge in [-0.05, 0) is 18.1 Å². The van der Waals surface area contributed by atoms with Gasteiger partial charge in [-0.3, -0.25) is 4.79 Å². The molecule has 1 amide bonds. The van der Waals surface area contributed by atoms with Crippen molar-refractivity contribution >= 4 is 33.3 Å². The van der Waals surface area contributed by atoms with Crippen molar-refractivity contribution in [2.75, 3.05) is 18.0 Å². The zero-order valence-electron chi connectivity index (χ0n) is 12.7. The average Bonchev–Trinajstić information content (AvgIpc) is 3.27.